The summed E-state index contributed by atoms with van der Waals surface area (Å²) in [5, 5.41) is 0. The highest BCUT2D eigenvalue weighted by atomic mass is 32.2. The quantitative estimate of drug-likeness (QED) is 0.758. The summed E-state index contributed by atoms with van der Waals surface area (Å²) in [6.07, 6.45) is 1.12. The smallest absolute Gasteiger partial charge is 0.211 e. The van der Waals surface area contributed by atoms with E-state index < -0.39 is 20.0 Å². The van der Waals surface area contributed by atoms with Crippen molar-refractivity contribution in [3.63, 3.8) is 0 Å². The molecule has 0 fully saturated rings. The predicted molar refractivity (Wildman–Crippen MR) is 83.9 cm³/mol. The molecule has 0 saturated carbocycles. The van der Waals surface area contributed by atoms with E-state index in [9.17, 15) is 16.8 Å². The molecule has 6 nitrogen and oxygen atoms in total. The van der Waals surface area contributed by atoms with Crippen molar-refractivity contribution in [3.05, 3.63) is 35.4 Å². The van der Waals surface area contributed by atoms with Crippen molar-refractivity contribution in [2.75, 3.05) is 25.1 Å². The van der Waals surface area contributed by atoms with Crippen molar-refractivity contribution in [1.82, 2.24) is 9.03 Å². The number of aryl methyl sites for hydroxylation is 1. The van der Waals surface area contributed by atoms with Crippen LogP contribution in [0.4, 0.5) is 0 Å². The van der Waals surface area contributed by atoms with Crippen LogP contribution in [0.15, 0.2) is 24.3 Å². The molecule has 0 saturated heterocycles. The van der Waals surface area contributed by atoms with Crippen LogP contribution in [0.2, 0.25) is 0 Å². The van der Waals surface area contributed by atoms with Gasteiger partial charge in [0.05, 0.1) is 12.0 Å². The normalized spacial score (nSPS) is 12.8. The summed E-state index contributed by atoms with van der Waals surface area (Å²) in [5.41, 5.74) is 1.96. The van der Waals surface area contributed by atoms with Gasteiger partial charge < -0.3 is 0 Å². The highest BCUT2D eigenvalue weighted by molar-refractivity contribution is 7.89. The second-order valence-electron chi connectivity index (χ2n) is 4.88. The molecule has 0 aliphatic heterocycles. The number of benzene rings is 1. The van der Waals surface area contributed by atoms with E-state index in [1.165, 1.54) is 11.2 Å². The maximum absolute atomic E-state index is 11.8. The van der Waals surface area contributed by atoms with E-state index in [1.54, 1.807) is 0 Å². The Morgan fingerprint density at radius 3 is 2.14 bits per heavy atom. The summed E-state index contributed by atoms with van der Waals surface area (Å²) < 4.78 is 49.9. The first-order chi connectivity index (χ1) is 9.64. The number of sulfonamides is 2. The fraction of sp³-hybridized carbons (Fsp3) is 0.538. The summed E-state index contributed by atoms with van der Waals surface area (Å²) >= 11 is 0. The first-order valence-corrected chi connectivity index (χ1v) is 10.1. The molecular weight excluding hydrogens is 312 g/mol. The summed E-state index contributed by atoms with van der Waals surface area (Å²) in [6, 6.07) is 7.55. The fourth-order valence-electron chi connectivity index (χ4n) is 1.69. The number of hydrogen-bond acceptors (Lipinski definition) is 4. The standard InChI is InChI=1S/C13H22N2O4S2/c1-4-21(18,19)14-9-10-15(20(3,16)17)11-13-7-5-12(2)6-8-13/h5-8,14H,4,9-11H2,1-3H3. The van der Waals surface area contributed by atoms with Crippen LogP contribution in [0.5, 0.6) is 0 Å². The van der Waals surface area contributed by atoms with Gasteiger partial charge in [0.1, 0.15) is 0 Å². The molecule has 1 N–H and O–H groups in total. The molecule has 0 heterocycles. The first kappa shape index (κ1) is 18.1. The molecule has 0 amide bonds. The average Bonchev–Trinajstić information content (AvgIpc) is 2.39. The molecule has 0 radical (unpaired) electrons. The fourth-order valence-corrected chi connectivity index (χ4v) is 3.10. The Morgan fingerprint density at radius 1 is 1.10 bits per heavy atom. The molecule has 0 bridgehead atoms. The maximum Gasteiger partial charge on any atom is 0.211 e. The van der Waals surface area contributed by atoms with Crippen molar-refractivity contribution in [1.29, 1.82) is 0 Å². The van der Waals surface area contributed by atoms with Gasteiger partial charge >= 0.3 is 0 Å². The topological polar surface area (TPSA) is 83.6 Å². The highest BCUT2D eigenvalue weighted by Crippen LogP contribution is 2.09. The molecular formula is C13H22N2O4S2. The molecule has 120 valence electrons. The van der Waals surface area contributed by atoms with Gasteiger partial charge in [-0.2, -0.15) is 4.31 Å². The van der Waals surface area contributed by atoms with Crippen LogP contribution in [0, 0.1) is 6.92 Å². The molecule has 21 heavy (non-hydrogen) atoms. The molecule has 8 heteroatoms. The van der Waals surface area contributed by atoms with E-state index in [4.69, 9.17) is 0 Å². The van der Waals surface area contributed by atoms with E-state index in [0.717, 1.165) is 17.4 Å². The minimum Gasteiger partial charge on any atom is -0.214 e. The van der Waals surface area contributed by atoms with E-state index in [2.05, 4.69) is 4.72 Å². The van der Waals surface area contributed by atoms with Crippen molar-refractivity contribution in [2.24, 2.45) is 0 Å². The van der Waals surface area contributed by atoms with Gasteiger partial charge in [-0.25, -0.2) is 21.6 Å². The van der Waals surface area contributed by atoms with Gasteiger partial charge in [-0.15, -0.1) is 0 Å². The van der Waals surface area contributed by atoms with Crippen molar-refractivity contribution in [2.45, 2.75) is 20.4 Å². The number of nitrogens with one attached hydrogen (secondary N) is 1. The SMILES string of the molecule is CCS(=O)(=O)NCCN(Cc1ccc(C)cc1)S(C)(=O)=O. The van der Waals surface area contributed by atoms with Gasteiger partial charge in [0.25, 0.3) is 0 Å². The molecule has 0 aromatic heterocycles. The van der Waals surface area contributed by atoms with Gasteiger partial charge in [-0.3, -0.25) is 0 Å². The predicted octanol–water partition coefficient (Wildman–Crippen LogP) is 0.696. The Labute approximate surface area is 127 Å². The lowest BCUT2D eigenvalue weighted by Gasteiger charge is -2.20. The minimum absolute atomic E-state index is 0.0240. The van der Waals surface area contributed by atoms with Crippen molar-refractivity contribution < 1.29 is 16.8 Å². The molecule has 0 unspecified atom stereocenters. The molecule has 0 aliphatic carbocycles. The lowest BCUT2D eigenvalue weighted by Crippen LogP contribution is -2.38. The second-order valence-corrected chi connectivity index (χ2v) is 8.96. The third-order valence-corrected chi connectivity index (χ3v) is 5.67. The van der Waals surface area contributed by atoms with Crippen LogP contribution in [0.1, 0.15) is 18.1 Å². The highest BCUT2D eigenvalue weighted by Gasteiger charge is 2.17. The second kappa shape index (κ2) is 7.35. The van der Waals surface area contributed by atoms with Crippen molar-refractivity contribution in [3.8, 4) is 0 Å². The maximum atomic E-state index is 11.8. The Balaban J connectivity index is 2.72. The summed E-state index contributed by atoms with van der Waals surface area (Å²) in [4.78, 5) is 0. The Bertz CT molecular complexity index is 652. The van der Waals surface area contributed by atoms with Crippen LogP contribution >= 0.6 is 0 Å². The first-order valence-electron chi connectivity index (χ1n) is 6.62. The number of nitrogens with zero attached hydrogens (tertiary/aromatic N) is 1. The van der Waals surface area contributed by atoms with Crippen LogP contribution in [-0.4, -0.2) is 46.2 Å². The van der Waals surface area contributed by atoms with Crippen LogP contribution in [0.25, 0.3) is 0 Å². The van der Waals surface area contributed by atoms with Gasteiger partial charge in [-0.1, -0.05) is 29.8 Å². The lowest BCUT2D eigenvalue weighted by atomic mass is 10.1. The van der Waals surface area contributed by atoms with Gasteiger partial charge in [0, 0.05) is 19.6 Å². The van der Waals surface area contributed by atoms with E-state index >= 15 is 0 Å². The molecule has 0 spiro atoms. The zero-order valence-corrected chi connectivity index (χ0v) is 14.2. The zero-order valence-electron chi connectivity index (χ0n) is 12.5. The van der Waals surface area contributed by atoms with Crippen LogP contribution in [-0.2, 0) is 26.6 Å². The number of rotatable bonds is 8. The molecule has 1 rings (SSSR count). The van der Waals surface area contributed by atoms with Crippen molar-refractivity contribution >= 4 is 20.0 Å². The molecule has 0 aliphatic rings. The van der Waals surface area contributed by atoms with Crippen LogP contribution in [0.3, 0.4) is 0 Å². The average molecular weight is 334 g/mol. The lowest BCUT2D eigenvalue weighted by molar-refractivity contribution is 0.412. The van der Waals surface area contributed by atoms with Gasteiger partial charge in [-0.05, 0) is 19.4 Å². The Morgan fingerprint density at radius 2 is 1.67 bits per heavy atom. The number of hydrogen-bond donors (Lipinski definition) is 1. The Kier molecular flexibility index (Phi) is 6.33. The third kappa shape index (κ3) is 6.56. The van der Waals surface area contributed by atoms with Crippen LogP contribution < -0.4 is 4.72 Å². The molecule has 1 aromatic rings. The largest absolute Gasteiger partial charge is 0.214 e. The van der Waals surface area contributed by atoms with E-state index in [1.807, 2.05) is 31.2 Å². The van der Waals surface area contributed by atoms with Gasteiger partial charge in [0.2, 0.25) is 20.0 Å². The van der Waals surface area contributed by atoms with Gasteiger partial charge in [0.15, 0.2) is 0 Å². The van der Waals surface area contributed by atoms with E-state index in [-0.39, 0.29) is 25.4 Å². The summed E-state index contributed by atoms with van der Waals surface area (Å²) in [5.74, 6) is -0.0240. The van der Waals surface area contributed by atoms with E-state index in [0.29, 0.717) is 0 Å². The molecule has 0 atom stereocenters. The Hall–Kier alpha value is -0.960. The summed E-state index contributed by atoms with van der Waals surface area (Å²) in [6.45, 7) is 3.88. The summed E-state index contributed by atoms with van der Waals surface area (Å²) in [7, 11) is -6.71. The zero-order chi connectivity index (χ0) is 16.1. The monoisotopic (exact) mass is 334 g/mol. The third-order valence-electron chi connectivity index (χ3n) is 3.01. The minimum atomic E-state index is -3.40. The molecule has 1 aromatic carbocycles.